The average Bonchev–Trinajstić information content (AvgIpc) is 2.84. The van der Waals surface area contributed by atoms with Gasteiger partial charge < -0.3 is 14.6 Å². The largest absolute Gasteiger partial charge is 0.477 e. The standard InChI is InChI=1S/C13H14N2O4/c1-18-7-8-19-12-9-11(13(16)17)15(14-12)10-5-3-2-4-6-10/h2-6,9H,7-8H2,1H3,(H,16,17). The number of rotatable bonds is 6. The van der Waals surface area contributed by atoms with Gasteiger partial charge in [0.25, 0.3) is 0 Å². The number of carboxylic acid groups (broad SMARTS) is 1. The van der Waals surface area contributed by atoms with Gasteiger partial charge in [-0.3, -0.25) is 0 Å². The zero-order valence-electron chi connectivity index (χ0n) is 10.4. The molecule has 1 aromatic heterocycles. The van der Waals surface area contributed by atoms with Crippen molar-refractivity contribution in [1.82, 2.24) is 9.78 Å². The summed E-state index contributed by atoms with van der Waals surface area (Å²) in [4.78, 5) is 11.2. The lowest BCUT2D eigenvalue weighted by atomic mass is 10.3. The van der Waals surface area contributed by atoms with Gasteiger partial charge in [0.15, 0.2) is 5.69 Å². The van der Waals surface area contributed by atoms with Crippen LogP contribution in [0.4, 0.5) is 0 Å². The molecule has 1 N–H and O–H groups in total. The lowest BCUT2D eigenvalue weighted by Crippen LogP contribution is -2.08. The Morgan fingerprint density at radius 3 is 2.68 bits per heavy atom. The van der Waals surface area contributed by atoms with E-state index in [9.17, 15) is 9.90 Å². The van der Waals surface area contributed by atoms with E-state index in [4.69, 9.17) is 9.47 Å². The van der Waals surface area contributed by atoms with Crippen molar-refractivity contribution >= 4 is 5.97 Å². The summed E-state index contributed by atoms with van der Waals surface area (Å²) in [5.74, 6) is -0.795. The molecule has 0 bridgehead atoms. The second-order valence-electron chi connectivity index (χ2n) is 3.76. The van der Waals surface area contributed by atoms with Crippen LogP contribution in [0.3, 0.4) is 0 Å². The van der Waals surface area contributed by atoms with E-state index >= 15 is 0 Å². The van der Waals surface area contributed by atoms with E-state index in [1.54, 1.807) is 19.2 Å². The second-order valence-corrected chi connectivity index (χ2v) is 3.76. The minimum absolute atomic E-state index is 0.0543. The van der Waals surface area contributed by atoms with Crippen molar-refractivity contribution in [3.05, 3.63) is 42.1 Å². The Bertz CT molecular complexity index is 551. The molecule has 0 fully saturated rings. The number of hydrogen-bond donors (Lipinski definition) is 1. The van der Waals surface area contributed by atoms with Crippen molar-refractivity contribution in [2.45, 2.75) is 0 Å². The first-order chi connectivity index (χ1) is 9.22. The number of hydrogen-bond acceptors (Lipinski definition) is 4. The summed E-state index contributed by atoms with van der Waals surface area (Å²) in [5, 5.41) is 13.3. The highest BCUT2D eigenvalue weighted by atomic mass is 16.5. The van der Waals surface area contributed by atoms with Crippen molar-refractivity contribution in [2.75, 3.05) is 20.3 Å². The quantitative estimate of drug-likeness (QED) is 0.800. The molecule has 0 atom stereocenters. The molecular formula is C13H14N2O4. The first-order valence-corrected chi connectivity index (χ1v) is 5.73. The van der Waals surface area contributed by atoms with Crippen molar-refractivity contribution < 1.29 is 19.4 Å². The number of aromatic carboxylic acids is 1. The van der Waals surface area contributed by atoms with Gasteiger partial charge in [-0.05, 0) is 12.1 Å². The summed E-state index contributed by atoms with van der Waals surface area (Å²) in [5.41, 5.74) is 0.722. The monoisotopic (exact) mass is 262 g/mol. The summed E-state index contributed by atoms with van der Waals surface area (Å²) in [6, 6.07) is 10.4. The summed E-state index contributed by atoms with van der Waals surface area (Å²) >= 11 is 0. The molecule has 2 aromatic rings. The SMILES string of the molecule is COCCOc1cc(C(=O)O)n(-c2ccccc2)n1. The van der Waals surface area contributed by atoms with Crippen LogP contribution in [0.1, 0.15) is 10.5 Å². The van der Waals surface area contributed by atoms with E-state index in [-0.39, 0.29) is 11.6 Å². The Labute approximate surface area is 110 Å². The maximum absolute atomic E-state index is 11.2. The van der Waals surface area contributed by atoms with Crippen LogP contribution in [0, 0.1) is 0 Å². The molecule has 0 spiro atoms. The van der Waals surface area contributed by atoms with E-state index in [2.05, 4.69) is 5.10 Å². The number of carbonyl (C=O) groups is 1. The summed E-state index contributed by atoms with van der Waals surface area (Å²) in [6.45, 7) is 0.738. The van der Waals surface area contributed by atoms with Crippen LogP contribution < -0.4 is 4.74 Å². The van der Waals surface area contributed by atoms with Gasteiger partial charge in [0, 0.05) is 13.2 Å². The van der Waals surface area contributed by atoms with Crippen molar-refractivity contribution in [2.24, 2.45) is 0 Å². The van der Waals surface area contributed by atoms with E-state index in [0.29, 0.717) is 18.9 Å². The number of methoxy groups -OCH3 is 1. The topological polar surface area (TPSA) is 73.6 Å². The first-order valence-electron chi connectivity index (χ1n) is 5.73. The van der Waals surface area contributed by atoms with Crippen LogP contribution in [-0.2, 0) is 4.74 Å². The minimum atomic E-state index is -1.06. The van der Waals surface area contributed by atoms with Crippen LogP contribution in [-0.4, -0.2) is 41.2 Å². The van der Waals surface area contributed by atoms with Crippen LogP contribution in [0.2, 0.25) is 0 Å². The molecule has 2 rings (SSSR count). The Hall–Kier alpha value is -2.34. The Morgan fingerprint density at radius 1 is 1.32 bits per heavy atom. The molecule has 0 unspecified atom stereocenters. The van der Waals surface area contributed by atoms with Gasteiger partial charge >= 0.3 is 5.97 Å². The van der Waals surface area contributed by atoms with Gasteiger partial charge in [0.1, 0.15) is 6.61 Å². The number of para-hydroxylation sites is 1. The summed E-state index contributed by atoms with van der Waals surface area (Å²) in [7, 11) is 1.56. The van der Waals surface area contributed by atoms with Gasteiger partial charge in [0.2, 0.25) is 5.88 Å². The fourth-order valence-electron chi connectivity index (χ4n) is 1.58. The molecule has 19 heavy (non-hydrogen) atoms. The summed E-state index contributed by atoms with van der Waals surface area (Å²) in [6.07, 6.45) is 0. The van der Waals surface area contributed by atoms with Crippen molar-refractivity contribution in [3.63, 3.8) is 0 Å². The molecule has 0 saturated carbocycles. The lowest BCUT2D eigenvalue weighted by Gasteiger charge is -2.03. The summed E-state index contributed by atoms with van der Waals surface area (Å²) < 4.78 is 11.5. The van der Waals surface area contributed by atoms with Crippen LogP contribution in [0.5, 0.6) is 5.88 Å². The maximum atomic E-state index is 11.2. The molecule has 1 heterocycles. The number of benzene rings is 1. The van der Waals surface area contributed by atoms with Gasteiger partial charge in [-0.2, -0.15) is 0 Å². The van der Waals surface area contributed by atoms with Gasteiger partial charge in [-0.25, -0.2) is 9.48 Å². The number of nitrogens with zero attached hydrogens (tertiary/aromatic N) is 2. The average molecular weight is 262 g/mol. The minimum Gasteiger partial charge on any atom is -0.477 e. The molecule has 0 aliphatic heterocycles. The highest BCUT2D eigenvalue weighted by Gasteiger charge is 2.16. The fourth-order valence-corrected chi connectivity index (χ4v) is 1.58. The molecule has 0 saturated heterocycles. The molecule has 0 amide bonds. The third-order valence-electron chi connectivity index (χ3n) is 2.44. The molecule has 0 radical (unpaired) electrons. The molecule has 0 aliphatic rings. The zero-order chi connectivity index (χ0) is 13.7. The van der Waals surface area contributed by atoms with Crippen molar-refractivity contribution in [3.8, 4) is 11.6 Å². The van der Waals surface area contributed by atoms with E-state index in [0.717, 1.165) is 0 Å². The van der Waals surface area contributed by atoms with E-state index < -0.39 is 5.97 Å². The van der Waals surface area contributed by atoms with E-state index in [1.807, 2.05) is 18.2 Å². The molecule has 6 nitrogen and oxygen atoms in total. The Morgan fingerprint density at radius 2 is 2.05 bits per heavy atom. The molecule has 1 aromatic carbocycles. The highest BCUT2D eigenvalue weighted by Crippen LogP contribution is 2.17. The van der Waals surface area contributed by atoms with Crippen LogP contribution in [0.25, 0.3) is 5.69 Å². The molecule has 0 aliphatic carbocycles. The van der Waals surface area contributed by atoms with E-state index in [1.165, 1.54) is 10.7 Å². The number of ether oxygens (including phenoxy) is 2. The van der Waals surface area contributed by atoms with Gasteiger partial charge in [-0.15, -0.1) is 5.10 Å². The van der Waals surface area contributed by atoms with Crippen LogP contribution in [0.15, 0.2) is 36.4 Å². The Balaban J connectivity index is 2.29. The van der Waals surface area contributed by atoms with Gasteiger partial charge in [0.05, 0.1) is 12.3 Å². The van der Waals surface area contributed by atoms with Crippen molar-refractivity contribution in [1.29, 1.82) is 0 Å². The third-order valence-corrected chi connectivity index (χ3v) is 2.44. The smallest absolute Gasteiger partial charge is 0.354 e. The molecule has 6 heteroatoms. The predicted molar refractivity (Wildman–Crippen MR) is 67.9 cm³/mol. The lowest BCUT2D eigenvalue weighted by molar-refractivity contribution is 0.0687. The maximum Gasteiger partial charge on any atom is 0.354 e. The molecule has 100 valence electrons. The van der Waals surface area contributed by atoms with Gasteiger partial charge in [-0.1, -0.05) is 18.2 Å². The normalized spacial score (nSPS) is 10.4. The fraction of sp³-hybridized carbons (Fsp3) is 0.231. The second kappa shape index (κ2) is 6.01. The third kappa shape index (κ3) is 3.11. The van der Waals surface area contributed by atoms with Crippen LogP contribution >= 0.6 is 0 Å². The highest BCUT2D eigenvalue weighted by molar-refractivity contribution is 5.86. The first kappa shape index (κ1) is 13.1. The zero-order valence-corrected chi connectivity index (χ0v) is 10.4. The number of carboxylic acids is 1. The number of aromatic nitrogens is 2. The Kier molecular flexibility index (Phi) is 4.15. The predicted octanol–water partition coefficient (Wildman–Crippen LogP) is 1.60. The molecular weight excluding hydrogens is 248 g/mol.